The third kappa shape index (κ3) is 3.74. The molecule has 1 atom stereocenters. The number of carbonyl (C=O) groups excluding carboxylic acids is 1. The number of fused-ring (bicyclic) bond motifs is 1. The quantitative estimate of drug-likeness (QED) is 0.684. The van der Waals surface area contributed by atoms with Gasteiger partial charge in [0.05, 0.1) is 27.7 Å². The fourth-order valence-corrected chi connectivity index (χ4v) is 3.22. The summed E-state index contributed by atoms with van der Waals surface area (Å²) in [5, 5.41) is 3.50. The molecular weight excluding hydrogens is 342 g/mol. The number of hydrogen-bond acceptors (Lipinski definition) is 3. The fraction of sp³-hybridized carbons (Fsp3) is 0.222. The molecule has 2 N–H and O–H groups in total. The predicted molar refractivity (Wildman–Crippen MR) is 101 cm³/mol. The Hall–Kier alpha value is -1.98. The van der Waals surface area contributed by atoms with Gasteiger partial charge in [0, 0.05) is 0 Å². The third-order valence-electron chi connectivity index (χ3n) is 3.77. The van der Waals surface area contributed by atoms with Gasteiger partial charge in [-0.2, -0.15) is 11.8 Å². The smallest absolute Gasteiger partial charge is 0.253 e. The molecule has 2 aromatic carbocycles. The summed E-state index contributed by atoms with van der Waals surface area (Å²) in [6, 6.07) is 14.7. The van der Waals surface area contributed by atoms with Crippen LogP contribution < -0.4 is 5.32 Å². The highest BCUT2D eigenvalue weighted by Crippen LogP contribution is 2.22. The van der Waals surface area contributed by atoms with E-state index in [1.807, 2.05) is 36.6 Å². The number of halogens is 1. The number of H-pyrrole nitrogens is 1. The van der Waals surface area contributed by atoms with E-state index in [0.717, 1.165) is 29.0 Å². The summed E-state index contributed by atoms with van der Waals surface area (Å²) in [6.07, 6.45) is 2.84. The van der Waals surface area contributed by atoms with Crippen LogP contribution >= 0.6 is 23.4 Å². The molecule has 0 radical (unpaired) electrons. The Morgan fingerprint density at radius 2 is 2.00 bits per heavy atom. The zero-order valence-electron chi connectivity index (χ0n) is 13.3. The third-order valence-corrected chi connectivity index (χ3v) is 4.75. The van der Waals surface area contributed by atoms with E-state index in [2.05, 4.69) is 15.3 Å². The van der Waals surface area contributed by atoms with E-state index >= 15 is 0 Å². The molecule has 0 aliphatic carbocycles. The molecule has 0 saturated heterocycles. The SMILES string of the molecule is CSCC[C@H](NC(=O)c1ccccc1Cl)c1nc2ccccc2[nH]1. The Balaban J connectivity index is 1.86. The first kappa shape index (κ1) is 16.9. The van der Waals surface area contributed by atoms with Crippen molar-refractivity contribution in [2.75, 3.05) is 12.0 Å². The summed E-state index contributed by atoms with van der Waals surface area (Å²) < 4.78 is 0. The van der Waals surface area contributed by atoms with Gasteiger partial charge in [0.15, 0.2) is 0 Å². The molecule has 0 saturated carbocycles. The lowest BCUT2D eigenvalue weighted by atomic mass is 10.1. The number of imidazole rings is 1. The molecule has 0 aliphatic heterocycles. The lowest BCUT2D eigenvalue weighted by Crippen LogP contribution is -2.30. The highest BCUT2D eigenvalue weighted by molar-refractivity contribution is 7.98. The number of aromatic nitrogens is 2. The van der Waals surface area contributed by atoms with Crippen LogP contribution in [-0.4, -0.2) is 27.9 Å². The number of carbonyl (C=O) groups is 1. The molecule has 0 bridgehead atoms. The monoisotopic (exact) mass is 359 g/mol. The molecule has 0 fully saturated rings. The van der Waals surface area contributed by atoms with Crippen molar-refractivity contribution in [3.05, 3.63) is 64.9 Å². The van der Waals surface area contributed by atoms with Crippen LogP contribution in [0.3, 0.4) is 0 Å². The van der Waals surface area contributed by atoms with E-state index in [1.165, 1.54) is 0 Å². The van der Waals surface area contributed by atoms with Crippen molar-refractivity contribution in [3.63, 3.8) is 0 Å². The normalized spacial score (nSPS) is 12.2. The average molecular weight is 360 g/mol. The maximum Gasteiger partial charge on any atom is 0.253 e. The van der Waals surface area contributed by atoms with Crippen molar-refractivity contribution in [1.29, 1.82) is 0 Å². The van der Waals surface area contributed by atoms with Crippen molar-refractivity contribution >= 4 is 40.3 Å². The Morgan fingerprint density at radius 1 is 1.25 bits per heavy atom. The van der Waals surface area contributed by atoms with E-state index in [9.17, 15) is 4.79 Å². The number of para-hydroxylation sites is 2. The molecule has 6 heteroatoms. The fourth-order valence-electron chi connectivity index (χ4n) is 2.53. The number of rotatable bonds is 6. The van der Waals surface area contributed by atoms with Crippen molar-refractivity contribution in [2.24, 2.45) is 0 Å². The van der Waals surface area contributed by atoms with Crippen molar-refractivity contribution in [2.45, 2.75) is 12.5 Å². The van der Waals surface area contributed by atoms with Crippen molar-refractivity contribution in [3.8, 4) is 0 Å². The second kappa shape index (κ2) is 7.73. The summed E-state index contributed by atoms with van der Waals surface area (Å²) in [7, 11) is 0. The van der Waals surface area contributed by atoms with Gasteiger partial charge in [-0.3, -0.25) is 4.79 Å². The van der Waals surface area contributed by atoms with Gasteiger partial charge in [-0.25, -0.2) is 4.98 Å². The molecule has 24 heavy (non-hydrogen) atoms. The highest BCUT2D eigenvalue weighted by Gasteiger charge is 2.20. The van der Waals surface area contributed by atoms with Crippen molar-refractivity contribution in [1.82, 2.24) is 15.3 Å². The highest BCUT2D eigenvalue weighted by atomic mass is 35.5. The molecule has 1 heterocycles. The lowest BCUT2D eigenvalue weighted by molar-refractivity contribution is 0.0934. The standard InChI is InChI=1S/C18H18ClN3OS/c1-24-11-10-16(17-20-14-8-4-5-9-15(14)21-17)22-18(23)12-6-2-3-7-13(12)19/h2-9,16H,10-11H2,1H3,(H,20,21)(H,22,23)/t16-/m0/s1. The Morgan fingerprint density at radius 3 is 2.75 bits per heavy atom. The minimum atomic E-state index is -0.188. The number of amides is 1. The largest absolute Gasteiger partial charge is 0.342 e. The molecule has 1 amide bonds. The zero-order valence-corrected chi connectivity index (χ0v) is 14.8. The molecule has 0 aliphatic rings. The molecular formula is C18H18ClN3OS. The molecule has 3 rings (SSSR count). The number of nitrogens with one attached hydrogen (secondary N) is 2. The molecule has 4 nitrogen and oxygen atoms in total. The van der Waals surface area contributed by atoms with Crippen LogP contribution in [0.5, 0.6) is 0 Å². The van der Waals surface area contributed by atoms with Gasteiger partial charge in [-0.1, -0.05) is 35.9 Å². The summed E-state index contributed by atoms with van der Waals surface area (Å²) >= 11 is 7.87. The number of aromatic amines is 1. The number of benzene rings is 2. The maximum atomic E-state index is 12.6. The van der Waals surface area contributed by atoms with Crippen LogP contribution in [0.25, 0.3) is 11.0 Å². The zero-order chi connectivity index (χ0) is 16.9. The Kier molecular flexibility index (Phi) is 5.43. The summed E-state index contributed by atoms with van der Waals surface area (Å²) in [5.74, 6) is 1.50. The van der Waals surface area contributed by atoms with E-state index in [4.69, 9.17) is 11.6 Å². The summed E-state index contributed by atoms with van der Waals surface area (Å²) in [6.45, 7) is 0. The molecule has 1 aromatic heterocycles. The number of hydrogen-bond donors (Lipinski definition) is 2. The van der Waals surface area contributed by atoms with E-state index in [1.54, 1.807) is 30.0 Å². The maximum absolute atomic E-state index is 12.6. The van der Waals surface area contributed by atoms with E-state index in [-0.39, 0.29) is 11.9 Å². The Bertz CT molecular complexity index is 816. The van der Waals surface area contributed by atoms with E-state index in [0.29, 0.717) is 10.6 Å². The molecule has 0 unspecified atom stereocenters. The molecule has 3 aromatic rings. The van der Waals surface area contributed by atoms with Crippen LogP contribution in [-0.2, 0) is 0 Å². The number of thioether (sulfide) groups is 1. The van der Waals surface area contributed by atoms with Crippen LogP contribution in [0.1, 0.15) is 28.6 Å². The molecule has 124 valence electrons. The van der Waals surface area contributed by atoms with E-state index < -0.39 is 0 Å². The topological polar surface area (TPSA) is 57.8 Å². The van der Waals surface area contributed by atoms with Gasteiger partial charge in [0.1, 0.15) is 5.82 Å². The minimum absolute atomic E-state index is 0.186. The first-order valence-electron chi connectivity index (χ1n) is 7.68. The van der Waals surface area contributed by atoms with Crippen molar-refractivity contribution < 1.29 is 4.79 Å². The second-order valence-electron chi connectivity index (χ2n) is 5.43. The minimum Gasteiger partial charge on any atom is -0.342 e. The van der Waals surface area contributed by atoms with Gasteiger partial charge in [-0.05, 0) is 42.7 Å². The summed E-state index contributed by atoms with van der Waals surface area (Å²) in [4.78, 5) is 20.5. The molecule has 0 spiro atoms. The van der Waals surface area contributed by atoms with Gasteiger partial charge < -0.3 is 10.3 Å². The second-order valence-corrected chi connectivity index (χ2v) is 6.82. The summed E-state index contributed by atoms with van der Waals surface area (Å²) in [5.41, 5.74) is 2.34. The first-order chi connectivity index (χ1) is 11.7. The average Bonchev–Trinajstić information content (AvgIpc) is 3.02. The van der Waals surface area contributed by atoms with Gasteiger partial charge >= 0.3 is 0 Å². The van der Waals surface area contributed by atoms with Crippen LogP contribution in [0.15, 0.2) is 48.5 Å². The van der Waals surface area contributed by atoms with Gasteiger partial charge in [0.25, 0.3) is 5.91 Å². The van der Waals surface area contributed by atoms with Crippen LogP contribution in [0, 0.1) is 0 Å². The van der Waals surface area contributed by atoms with Gasteiger partial charge in [-0.15, -0.1) is 0 Å². The first-order valence-corrected chi connectivity index (χ1v) is 9.45. The van der Waals surface area contributed by atoms with Crippen LogP contribution in [0.2, 0.25) is 5.02 Å². The Labute approximate surface area is 150 Å². The predicted octanol–water partition coefficient (Wildman–Crippen LogP) is 4.44. The van der Waals surface area contributed by atoms with Crippen LogP contribution in [0.4, 0.5) is 0 Å². The van der Waals surface area contributed by atoms with Gasteiger partial charge in [0.2, 0.25) is 0 Å². The lowest BCUT2D eigenvalue weighted by Gasteiger charge is -2.16. The number of nitrogens with zero attached hydrogens (tertiary/aromatic N) is 1.